The smallest absolute Gasteiger partial charge is 0.493 e. The second-order valence-electron chi connectivity index (χ2n) is 5.58. The maximum Gasteiger partial charge on any atom is 0.573 e. The molecule has 0 amide bonds. The van der Waals surface area contributed by atoms with Crippen molar-refractivity contribution < 1.29 is 32.5 Å². The van der Waals surface area contributed by atoms with Gasteiger partial charge in [-0.2, -0.15) is 0 Å². The Morgan fingerprint density at radius 3 is 2.08 bits per heavy atom. The number of carbonyl (C=O) groups is 1. The van der Waals surface area contributed by atoms with Crippen LogP contribution in [0.25, 0.3) is 0 Å². The summed E-state index contributed by atoms with van der Waals surface area (Å²) in [6.45, 7) is 0.341. The van der Waals surface area contributed by atoms with Gasteiger partial charge in [-0.3, -0.25) is 4.79 Å². The molecule has 0 aliphatic rings. The van der Waals surface area contributed by atoms with Crippen molar-refractivity contribution in [3.63, 3.8) is 0 Å². The van der Waals surface area contributed by atoms with E-state index in [0.717, 1.165) is 11.1 Å². The Kier molecular flexibility index (Phi) is 6.46. The van der Waals surface area contributed by atoms with Gasteiger partial charge in [-0.15, -0.1) is 13.2 Å². The van der Waals surface area contributed by atoms with Crippen molar-refractivity contribution in [2.45, 2.75) is 25.2 Å². The van der Waals surface area contributed by atoms with Crippen LogP contribution in [-0.2, 0) is 17.6 Å². The Bertz CT molecular complexity index is 715. The molecule has 0 saturated carbocycles. The summed E-state index contributed by atoms with van der Waals surface area (Å²) in [4.78, 5) is 10.7. The minimum Gasteiger partial charge on any atom is -0.493 e. The van der Waals surface area contributed by atoms with Gasteiger partial charge < -0.3 is 20.3 Å². The highest BCUT2D eigenvalue weighted by Gasteiger charge is 2.30. The number of carboxylic acid groups (broad SMARTS) is 1. The molecule has 0 heterocycles. The molecule has 0 radical (unpaired) electrons. The number of carboxylic acids is 1. The first-order chi connectivity index (χ1) is 12.2. The quantitative estimate of drug-likeness (QED) is 0.747. The predicted molar refractivity (Wildman–Crippen MR) is 88.1 cm³/mol. The molecule has 0 bridgehead atoms. The van der Waals surface area contributed by atoms with E-state index in [0.29, 0.717) is 18.8 Å². The van der Waals surface area contributed by atoms with Crippen LogP contribution in [0.5, 0.6) is 11.5 Å². The van der Waals surface area contributed by atoms with Crippen LogP contribution in [0, 0.1) is 0 Å². The number of hydrogen-bond acceptors (Lipinski definition) is 4. The van der Waals surface area contributed by atoms with Crippen LogP contribution in [0.1, 0.15) is 11.1 Å². The molecular weight excluding hydrogens is 351 g/mol. The van der Waals surface area contributed by atoms with Gasteiger partial charge in [0.25, 0.3) is 0 Å². The van der Waals surface area contributed by atoms with E-state index < -0.39 is 18.4 Å². The molecule has 1 atom stereocenters. The van der Waals surface area contributed by atoms with Gasteiger partial charge in [-0.05, 0) is 41.8 Å². The van der Waals surface area contributed by atoms with Crippen molar-refractivity contribution in [1.29, 1.82) is 0 Å². The topological polar surface area (TPSA) is 81.8 Å². The number of aliphatic carboxylic acids is 1. The summed E-state index contributed by atoms with van der Waals surface area (Å²) in [5.74, 6) is -0.719. The fourth-order valence-corrected chi connectivity index (χ4v) is 2.21. The molecule has 0 aliphatic carbocycles. The molecule has 0 spiro atoms. The Labute approximate surface area is 148 Å². The molecule has 8 heteroatoms. The molecule has 26 heavy (non-hydrogen) atoms. The summed E-state index contributed by atoms with van der Waals surface area (Å²) in [5, 5.41) is 8.78. The first-order valence-electron chi connectivity index (χ1n) is 7.78. The molecule has 0 fully saturated rings. The summed E-state index contributed by atoms with van der Waals surface area (Å²) < 4.78 is 45.7. The van der Waals surface area contributed by atoms with Crippen LogP contribution in [-0.4, -0.2) is 30.1 Å². The first-order valence-corrected chi connectivity index (χ1v) is 7.78. The van der Waals surface area contributed by atoms with Crippen molar-refractivity contribution in [3.05, 3.63) is 59.7 Å². The van der Waals surface area contributed by atoms with Gasteiger partial charge in [0, 0.05) is 6.42 Å². The molecule has 2 aromatic rings. The SMILES string of the molecule is NC(Cc1ccc(OCCc2ccc(OC(F)(F)F)cc2)cc1)C(=O)O. The summed E-state index contributed by atoms with van der Waals surface area (Å²) in [6.07, 6.45) is -3.97. The molecule has 2 aromatic carbocycles. The van der Waals surface area contributed by atoms with E-state index in [4.69, 9.17) is 15.6 Å². The van der Waals surface area contributed by atoms with Crippen molar-refractivity contribution >= 4 is 5.97 Å². The molecular formula is C18H18F3NO4. The normalized spacial score (nSPS) is 12.5. The highest BCUT2D eigenvalue weighted by atomic mass is 19.4. The lowest BCUT2D eigenvalue weighted by molar-refractivity contribution is -0.274. The van der Waals surface area contributed by atoms with Crippen LogP contribution in [0.3, 0.4) is 0 Å². The number of nitrogens with two attached hydrogens (primary N) is 1. The Morgan fingerprint density at radius 1 is 1.00 bits per heavy atom. The van der Waals surface area contributed by atoms with Gasteiger partial charge in [0.2, 0.25) is 0 Å². The minimum absolute atomic E-state index is 0.224. The second-order valence-corrected chi connectivity index (χ2v) is 5.58. The molecule has 140 valence electrons. The third-order valence-corrected chi connectivity index (χ3v) is 3.51. The van der Waals surface area contributed by atoms with E-state index in [1.165, 1.54) is 12.1 Å². The third kappa shape index (κ3) is 6.64. The Balaban J connectivity index is 1.79. The van der Waals surface area contributed by atoms with Gasteiger partial charge in [-0.25, -0.2) is 0 Å². The molecule has 0 aliphatic heterocycles. The van der Waals surface area contributed by atoms with Crippen molar-refractivity contribution in [2.75, 3.05) is 6.61 Å². The molecule has 5 nitrogen and oxygen atoms in total. The third-order valence-electron chi connectivity index (χ3n) is 3.51. The highest BCUT2D eigenvalue weighted by Crippen LogP contribution is 2.23. The van der Waals surface area contributed by atoms with Gasteiger partial charge in [-0.1, -0.05) is 24.3 Å². The van der Waals surface area contributed by atoms with E-state index in [1.54, 1.807) is 36.4 Å². The Hall–Kier alpha value is -2.74. The lowest BCUT2D eigenvalue weighted by Gasteiger charge is -2.10. The van der Waals surface area contributed by atoms with Crippen molar-refractivity contribution in [3.8, 4) is 11.5 Å². The van der Waals surface area contributed by atoms with E-state index >= 15 is 0 Å². The second kappa shape index (κ2) is 8.57. The summed E-state index contributed by atoms with van der Waals surface area (Å²) in [6, 6.07) is 11.5. The summed E-state index contributed by atoms with van der Waals surface area (Å²) in [7, 11) is 0. The van der Waals surface area contributed by atoms with Crippen LogP contribution >= 0.6 is 0 Å². The molecule has 2 rings (SSSR count). The van der Waals surface area contributed by atoms with Crippen LogP contribution < -0.4 is 15.2 Å². The van der Waals surface area contributed by atoms with Crippen LogP contribution in [0.2, 0.25) is 0 Å². The zero-order valence-corrected chi connectivity index (χ0v) is 13.7. The molecule has 0 saturated heterocycles. The standard InChI is InChI=1S/C18H18F3NO4/c19-18(20,21)26-15-7-1-12(2-8-15)9-10-25-14-5-3-13(4-6-14)11-16(22)17(23)24/h1-8,16H,9-11,22H2,(H,23,24). The average molecular weight is 369 g/mol. The maximum atomic E-state index is 12.1. The average Bonchev–Trinajstić information content (AvgIpc) is 2.56. The molecule has 1 unspecified atom stereocenters. The lowest BCUT2D eigenvalue weighted by Crippen LogP contribution is -2.32. The number of rotatable bonds is 8. The number of halogens is 3. The van der Waals surface area contributed by atoms with Crippen molar-refractivity contribution in [2.24, 2.45) is 5.73 Å². The number of benzene rings is 2. The van der Waals surface area contributed by atoms with E-state index in [-0.39, 0.29) is 12.2 Å². The van der Waals surface area contributed by atoms with Gasteiger partial charge >= 0.3 is 12.3 Å². The first kappa shape index (κ1) is 19.6. The molecule has 0 aromatic heterocycles. The molecule has 3 N–H and O–H groups in total. The summed E-state index contributed by atoms with van der Waals surface area (Å²) >= 11 is 0. The lowest BCUT2D eigenvalue weighted by atomic mass is 10.1. The maximum absolute atomic E-state index is 12.1. The number of alkyl halides is 3. The fraction of sp³-hybridized carbons (Fsp3) is 0.278. The predicted octanol–water partition coefficient (Wildman–Crippen LogP) is 3.16. The number of ether oxygens (including phenoxy) is 2. The minimum atomic E-state index is -4.70. The zero-order chi connectivity index (χ0) is 19.2. The number of hydrogen-bond donors (Lipinski definition) is 2. The van der Waals surface area contributed by atoms with Crippen molar-refractivity contribution in [1.82, 2.24) is 0 Å². The van der Waals surface area contributed by atoms with Gasteiger partial charge in [0.1, 0.15) is 17.5 Å². The monoisotopic (exact) mass is 369 g/mol. The van der Waals surface area contributed by atoms with E-state index in [2.05, 4.69) is 4.74 Å². The fourth-order valence-electron chi connectivity index (χ4n) is 2.21. The van der Waals surface area contributed by atoms with E-state index in [1.807, 2.05) is 0 Å². The highest BCUT2D eigenvalue weighted by molar-refractivity contribution is 5.73. The van der Waals surface area contributed by atoms with Gasteiger partial charge in [0.05, 0.1) is 6.61 Å². The van der Waals surface area contributed by atoms with Crippen LogP contribution in [0.15, 0.2) is 48.5 Å². The largest absolute Gasteiger partial charge is 0.573 e. The Morgan fingerprint density at radius 2 is 1.54 bits per heavy atom. The summed E-state index contributed by atoms with van der Waals surface area (Å²) in [5.41, 5.74) is 7.07. The van der Waals surface area contributed by atoms with Gasteiger partial charge in [0.15, 0.2) is 0 Å². The van der Waals surface area contributed by atoms with E-state index in [9.17, 15) is 18.0 Å². The zero-order valence-electron chi connectivity index (χ0n) is 13.7. The van der Waals surface area contributed by atoms with Crippen LogP contribution in [0.4, 0.5) is 13.2 Å².